The molecule has 1 aromatic carbocycles. The predicted octanol–water partition coefficient (Wildman–Crippen LogP) is 1.80. The molecule has 0 aliphatic rings. The van der Waals surface area contributed by atoms with Crippen LogP contribution in [0.15, 0.2) is 36.7 Å². The SMILES string of the molecule is COc1cc(NCc2ccc(O)cc2)ncn1. The second-order valence-corrected chi connectivity index (χ2v) is 3.47. The van der Waals surface area contributed by atoms with Crippen molar-refractivity contribution >= 4 is 5.82 Å². The number of nitrogens with zero attached hydrogens (tertiary/aromatic N) is 2. The van der Waals surface area contributed by atoms with Gasteiger partial charge in [0.15, 0.2) is 0 Å². The number of methoxy groups -OCH3 is 1. The molecule has 0 saturated heterocycles. The predicted molar refractivity (Wildman–Crippen MR) is 64.0 cm³/mol. The highest BCUT2D eigenvalue weighted by Gasteiger charge is 1.98. The topological polar surface area (TPSA) is 67.3 Å². The average Bonchev–Trinajstić information content (AvgIpc) is 2.38. The minimum absolute atomic E-state index is 0.262. The Morgan fingerprint density at radius 1 is 1.24 bits per heavy atom. The number of hydrogen-bond donors (Lipinski definition) is 2. The van der Waals surface area contributed by atoms with Crippen molar-refractivity contribution < 1.29 is 9.84 Å². The van der Waals surface area contributed by atoms with Crippen molar-refractivity contribution in [3.05, 3.63) is 42.2 Å². The number of aromatic hydroxyl groups is 1. The van der Waals surface area contributed by atoms with Crippen molar-refractivity contribution in [2.24, 2.45) is 0 Å². The van der Waals surface area contributed by atoms with Crippen molar-refractivity contribution in [1.82, 2.24) is 9.97 Å². The van der Waals surface area contributed by atoms with Crippen LogP contribution in [0.2, 0.25) is 0 Å². The number of benzene rings is 1. The summed E-state index contributed by atoms with van der Waals surface area (Å²) < 4.78 is 5.00. The van der Waals surface area contributed by atoms with Gasteiger partial charge in [0, 0.05) is 12.6 Å². The Hall–Kier alpha value is -2.30. The molecule has 0 spiro atoms. The number of hydrogen-bond acceptors (Lipinski definition) is 5. The molecule has 2 N–H and O–H groups in total. The fourth-order valence-electron chi connectivity index (χ4n) is 1.35. The van der Waals surface area contributed by atoms with Gasteiger partial charge in [0.05, 0.1) is 7.11 Å². The van der Waals surface area contributed by atoms with Gasteiger partial charge in [0.25, 0.3) is 0 Å². The van der Waals surface area contributed by atoms with Crippen molar-refractivity contribution in [1.29, 1.82) is 0 Å². The molecule has 1 aromatic heterocycles. The lowest BCUT2D eigenvalue weighted by molar-refractivity contribution is 0.397. The smallest absolute Gasteiger partial charge is 0.218 e. The van der Waals surface area contributed by atoms with Gasteiger partial charge < -0.3 is 15.2 Å². The minimum atomic E-state index is 0.262. The van der Waals surface area contributed by atoms with Crippen LogP contribution in [0.1, 0.15) is 5.56 Å². The van der Waals surface area contributed by atoms with Crippen LogP contribution in [0.3, 0.4) is 0 Å². The molecule has 0 aliphatic carbocycles. The van der Waals surface area contributed by atoms with Gasteiger partial charge in [-0.1, -0.05) is 12.1 Å². The molecule has 88 valence electrons. The monoisotopic (exact) mass is 231 g/mol. The number of rotatable bonds is 4. The molecule has 0 amide bonds. The first-order chi connectivity index (χ1) is 8.28. The molecule has 0 aliphatic heterocycles. The van der Waals surface area contributed by atoms with Crippen LogP contribution >= 0.6 is 0 Å². The Morgan fingerprint density at radius 3 is 2.71 bits per heavy atom. The van der Waals surface area contributed by atoms with Gasteiger partial charge >= 0.3 is 0 Å². The van der Waals surface area contributed by atoms with E-state index in [1.165, 1.54) is 6.33 Å². The molecule has 1 heterocycles. The van der Waals surface area contributed by atoms with Gasteiger partial charge in [-0.25, -0.2) is 9.97 Å². The van der Waals surface area contributed by atoms with E-state index >= 15 is 0 Å². The van der Waals surface area contributed by atoms with Crippen LogP contribution in [-0.2, 0) is 6.54 Å². The lowest BCUT2D eigenvalue weighted by Crippen LogP contribution is -2.02. The number of phenols is 1. The fraction of sp³-hybridized carbons (Fsp3) is 0.167. The van der Waals surface area contributed by atoms with E-state index in [4.69, 9.17) is 9.84 Å². The first-order valence-electron chi connectivity index (χ1n) is 5.16. The van der Waals surface area contributed by atoms with E-state index in [1.807, 2.05) is 12.1 Å². The molecule has 17 heavy (non-hydrogen) atoms. The van der Waals surface area contributed by atoms with Gasteiger partial charge in [-0.15, -0.1) is 0 Å². The van der Waals surface area contributed by atoms with Crippen LogP contribution < -0.4 is 10.1 Å². The standard InChI is InChI=1S/C12H13N3O2/c1-17-12-6-11(14-8-15-12)13-7-9-2-4-10(16)5-3-9/h2-6,8,16H,7H2,1H3,(H,13,14,15). The lowest BCUT2D eigenvalue weighted by Gasteiger charge is -2.06. The first-order valence-corrected chi connectivity index (χ1v) is 5.16. The minimum Gasteiger partial charge on any atom is -0.508 e. The summed E-state index contributed by atoms with van der Waals surface area (Å²) in [6, 6.07) is 8.72. The third-order valence-electron chi connectivity index (χ3n) is 2.26. The normalized spacial score (nSPS) is 9.94. The van der Waals surface area contributed by atoms with Crippen LogP contribution in [0.25, 0.3) is 0 Å². The van der Waals surface area contributed by atoms with Crippen molar-refractivity contribution in [3.8, 4) is 11.6 Å². The summed E-state index contributed by atoms with van der Waals surface area (Å²) in [7, 11) is 1.56. The zero-order chi connectivity index (χ0) is 12.1. The van der Waals surface area contributed by atoms with E-state index in [0.29, 0.717) is 18.2 Å². The zero-order valence-corrected chi connectivity index (χ0v) is 9.42. The molecule has 2 rings (SSSR count). The summed E-state index contributed by atoms with van der Waals surface area (Å²) >= 11 is 0. The second kappa shape index (κ2) is 5.16. The Kier molecular flexibility index (Phi) is 3.40. The van der Waals surface area contributed by atoms with Gasteiger partial charge in [-0.3, -0.25) is 0 Å². The van der Waals surface area contributed by atoms with Gasteiger partial charge in [-0.2, -0.15) is 0 Å². The van der Waals surface area contributed by atoms with E-state index in [1.54, 1.807) is 25.3 Å². The largest absolute Gasteiger partial charge is 0.508 e. The quantitative estimate of drug-likeness (QED) is 0.839. The summed E-state index contributed by atoms with van der Waals surface area (Å²) in [6.45, 7) is 0.625. The van der Waals surface area contributed by atoms with Gasteiger partial charge in [-0.05, 0) is 17.7 Å². The summed E-state index contributed by atoms with van der Waals surface area (Å²) in [5.74, 6) is 1.48. The van der Waals surface area contributed by atoms with E-state index < -0.39 is 0 Å². The second-order valence-electron chi connectivity index (χ2n) is 3.47. The third kappa shape index (κ3) is 3.07. The van der Waals surface area contributed by atoms with Crippen LogP contribution in [0.4, 0.5) is 5.82 Å². The third-order valence-corrected chi connectivity index (χ3v) is 2.26. The molecule has 5 nitrogen and oxygen atoms in total. The van der Waals surface area contributed by atoms with E-state index in [2.05, 4.69) is 15.3 Å². The number of anilines is 1. The van der Waals surface area contributed by atoms with E-state index in [0.717, 1.165) is 5.56 Å². The number of nitrogens with one attached hydrogen (secondary N) is 1. The number of phenolic OH excluding ortho intramolecular Hbond substituents is 1. The molecule has 0 radical (unpaired) electrons. The molecule has 0 unspecified atom stereocenters. The Balaban J connectivity index is 1.99. The highest BCUT2D eigenvalue weighted by molar-refractivity contribution is 5.38. The van der Waals surface area contributed by atoms with Gasteiger partial charge in [0.1, 0.15) is 17.9 Å². The van der Waals surface area contributed by atoms with Crippen LogP contribution in [-0.4, -0.2) is 22.2 Å². The maximum atomic E-state index is 9.15. The molecule has 0 saturated carbocycles. The zero-order valence-electron chi connectivity index (χ0n) is 9.42. The number of aromatic nitrogens is 2. The molecule has 0 fully saturated rings. The van der Waals surface area contributed by atoms with Crippen molar-refractivity contribution in [2.75, 3.05) is 12.4 Å². The molecular formula is C12H13N3O2. The molecule has 0 atom stereocenters. The highest BCUT2D eigenvalue weighted by atomic mass is 16.5. The van der Waals surface area contributed by atoms with E-state index in [9.17, 15) is 0 Å². The molecule has 0 bridgehead atoms. The summed E-state index contributed by atoms with van der Waals surface area (Å²) in [4.78, 5) is 7.99. The maximum Gasteiger partial charge on any atom is 0.218 e. The molecule has 5 heteroatoms. The summed E-state index contributed by atoms with van der Waals surface area (Å²) in [6.07, 6.45) is 1.44. The lowest BCUT2D eigenvalue weighted by atomic mass is 10.2. The van der Waals surface area contributed by atoms with Crippen molar-refractivity contribution in [3.63, 3.8) is 0 Å². The molecule has 2 aromatic rings. The summed E-state index contributed by atoms with van der Waals surface area (Å²) in [5, 5.41) is 12.3. The average molecular weight is 231 g/mol. The van der Waals surface area contributed by atoms with E-state index in [-0.39, 0.29) is 5.75 Å². The first kappa shape index (κ1) is 11.2. The Morgan fingerprint density at radius 2 is 2.00 bits per heavy atom. The van der Waals surface area contributed by atoms with Crippen LogP contribution in [0.5, 0.6) is 11.6 Å². The number of ether oxygens (including phenoxy) is 1. The van der Waals surface area contributed by atoms with Gasteiger partial charge in [0.2, 0.25) is 5.88 Å². The summed E-state index contributed by atoms with van der Waals surface area (Å²) in [5.41, 5.74) is 1.06. The van der Waals surface area contributed by atoms with Crippen molar-refractivity contribution in [2.45, 2.75) is 6.54 Å². The fourth-order valence-corrected chi connectivity index (χ4v) is 1.35. The highest BCUT2D eigenvalue weighted by Crippen LogP contribution is 2.13. The Labute approximate surface area is 99.1 Å². The maximum absolute atomic E-state index is 9.15. The van der Waals surface area contributed by atoms with Crippen LogP contribution in [0, 0.1) is 0 Å². The molecular weight excluding hydrogens is 218 g/mol. The Bertz CT molecular complexity index is 485.